The zero-order valence-corrected chi connectivity index (χ0v) is 18.3. The molecule has 3 N–H and O–H groups in total. The molecule has 0 spiro atoms. The Labute approximate surface area is 197 Å². The van der Waals surface area contributed by atoms with E-state index in [0.717, 1.165) is 24.3 Å². The molecular weight excluding hydrogens is 478 g/mol. The number of benzene rings is 2. The predicted octanol–water partition coefficient (Wildman–Crippen LogP) is 5.96. The lowest BCUT2D eigenvalue weighted by molar-refractivity contribution is -0.138. The zero-order chi connectivity index (χ0) is 26.2. The van der Waals surface area contributed by atoms with Gasteiger partial charge in [0.15, 0.2) is 5.78 Å². The van der Waals surface area contributed by atoms with Crippen LogP contribution < -0.4 is 11.1 Å². The molecule has 0 heterocycles. The molecule has 5 nitrogen and oxygen atoms in total. The molecule has 4 rings (SSSR count). The number of carbonyl (C=O) groups excluding carboxylic acids is 3. The lowest BCUT2D eigenvalue weighted by Crippen LogP contribution is -2.05. The molecule has 0 aliphatic heterocycles. The summed E-state index contributed by atoms with van der Waals surface area (Å²) in [5.41, 5.74) is 4.88. The molecular formula is C24H22F6N2O3. The van der Waals surface area contributed by atoms with Gasteiger partial charge in [0.1, 0.15) is 11.6 Å². The molecule has 2 aromatic carbocycles. The van der Waals surface area contributed by atoms with Crippen molar-refractivity contribution in [2.45, 2.75) is 44.5 Å². The average Bonchev–Trinajstić information content (AvgIpc) is 3.34. The van der Waals surface area contributed by atoms with Gasteiger partial charge in [0.2, 0.25) is 0 Å². The number of allylic oxidation sites excluding steroid dienone is 2. The van der Waals surface area contributed by atoms with Crippen molar-refractivity contribution in [2.75, 3.05) is 11.1 Å². The van der Waals surface area contributed by atoms with E-state index >= 15 is 0 Å². The van der Waals surface area contributed by atoms with Crippen LogP contribution in [0.5, 0.6) is 0 Å². The van der Waals surface area contributed by atoms with Crippen LogP contribution in [0, 0.1) is 0 Å². The summed E-state index contributed by atoms with van der Waals surface area (Å²) in [7, 11) is 0. The molecule has 0 radical (unpaired) electrons. The third kappa shape index (κ3) is 9.63. The van der Waals surface area contributed by atoms with Crippen molar-refractivity contribution in [3.63, 3.8) is 0 Å². The minimum absolute atomic E-state index is 0.000485. The lowest BCUT2D eigenvalue weighted by Gasteiger charge is -2.10. The lowest BCUT2D eigenvalue weighted by atomic mass is 10.2. The summed E-state index contributed by atoms with van der Waals surface area (Å²) >= 11 is 0. The molecule has 188 valence electrons. The number of nitrogens with one attached hydrogen (secondary N) is 1. The van der Waals surface area contributed by atoms with Crippen LogP contribution in [0.25, 0.3) is 0 Å². The van der Waals surface area contributed by atoms with Gasteiger partial charge in [-0.25, -0.2) is 0 Å². The van der Waals surface area contributed by atoms with Crippen molar-refractivity contribution in [2.24, 2.45) is 0 Å². The summed E-state index contributed by atoms with van der Waals surface area (Å²) in [6, 6.07) is 9.49. The number of hydrogen-bond donors (Lipinski definition) is 2. The predicted molar refractivity (Wildman–Crippen MR) is 117 cm³/mol. The fourth-order valence-electron chi connectivity index (χ4n) is 3.04. The smallest absolute Gasteiger partial charge is 0.399 e. The Morgan fingerprint density at radius 1 is 0.714 bits per heavy atom. The van der Waals surface area contributed by atoms with Gasteiger partial charge < -0.3 is 11.1 Å². The molecule has 0 saturated heterocycles. The zero-order valence-electron chi connectivity index (χ0n) is 18.3. The van der Waals surface area contributed by atoms with Gasteiger partial charge in [-0.05, 0) is 42.8 Å². The Kier molecular flexibility index (Phi) is 9.21. The molecule has 0 unspecified atom stereocenters. The molecule has 0 bridgehead atoms. The molecule has 0 atom stereocenters. The molecule has 2 aliphatic rings. The highest BCUT2D eigenvalue weighted by Gasteiger charge is 2.31. The maximum atomic E-state index is 12.4. The summed E-state index contributed by atoms with van der Waals surface area (Å²) in [5, 5.41) is 2.82. The van der Waals surface area contributed by atoms with Gasteiger partial charge in [-0.3, -0.25) is 14.4 Å². The second-order valence-electron chi connectivity index (χ2n) is 7.72. The van der Waals surface area contributed by atoms with Gasteiger partial charge >= 0.3 is 12.4 Å². The second-order valence-corrected chi connectivity index (χ2v) is 7.72. The second kappa shape index (κ2) is 11.7. The van der Waals surface area contributed by atoms with Crippen LogP contribution in [0.4, 0.5) is 37.7 Å². The number of ketones is 3. The Balaban J connectivity index is 0.000000205. The van der Waals surface area contributed by atoms with Crippen LogP contribution >= 0.6 is 0 Å². The number of rotatable bonds is 2. The van der Waals surface area contributed by atoms with Gasteiger partial charge in [0.25, 0.3) is 0 Å². The Morgan fingerprint density at radius 2 is 1.26 bits per heavy atom. The van der Waals surface area contributed by atoms with Gasteiger partial charge in [-0.1, -0.05) is 12.1 Å². The Hall–Kier alpha value is -3.63. The number of carbonyl (C=O) groups is 3. The fourth-order valence-corrected chi connectivity index (χ4v) is 3.04. The monoisotopic (exact) mass is 500 g/mol. The van der Waals surface area contributed by atoms with E-state index < -0.39 is 23.5 Å². The fraction of sp³-hybridized carbons (Fsp3) is 0.292. The van der Waals surface area contributed by atoms with Crippen molar-refractivity contribution in [1.82, 2.24) is 0 Å². The summed E-state index contributed by atoms with van der Waals surface area (Å²) in [5.74, 6) is 0.203. The van der Waals surface area contributed by atoms with E-state index in [9.17, 15) is 40.7 Å². The Bertz CT molecular complexity index is 1090. The van der Waals surface area contributed by atoms with Crippen molar-refractivity contribution in [3.8, 4) is 0 Å². The van der Waals surface area contributed by atoms with E-state index in [4.69, 9.17) is 5.73 Å². The van der Waals surface area contributed by atoms with E-state index in [1.165, 1.54) is 24.3 Å². The van der Waals surface area contributed by atoms with Crippen LogP contribution in [0.2, 0.25) is 0 Å². The normalized spacial score (nSPS) is 15.6. The molecule has 1 saturated carbocycles. The maximum absolute atomic E-state index is 12.4. The van der Waals surface area contributed by atoms with Crippen LogP contribution in [-0.2, 0) is 26.7 Å². The highest BCUT2D eigenvalue weighted by atomic mass is 19.4. The number of nitrogens with two attached hydrogens (primary N) is 1. The summed E-state index contributed by atoms with van der Waals surface area (Å²) in [6.07, 6.45) is -5.08. The molecule has 2 aliphatic carbocycles. The number of nitrogen functional groups attached to an aromatic ring is 1. The summed E-state index contributed by atoms with van der Waals surface area (Å²) in [6.45, 7) is 0. The number of alkyl halides is 6. The first-order chi connectivity index (χ1) is 16.2. The first kappa shape index (κ1) is 27.6. The standard InChI is InChI=1S/C12H10F3NO.C7H6F3N.C5H6O2/c13-12(14,15)8-2-1-3-9(6-8)16-10-4-5-11(17)7-10;8-7(9,10)5-2-1-3-6(11)4-5;6-4-1-2-5(7)3-4/h1-3,6-7,16H,4-5H2;1-4H,11H2;1-3H2. The maximum Gasteiger partial charge on any atom is 0.416 e. The van der Waals surface area contributed by atoms with E-state index in [-0.39, 0.29) is 29.5 Å². The molecule has 0 amide bonds. The summed E-state index contributed by atoms with van der Waals surface area (Å²) in [4.78, 5) is 31.4. The van der Waals surface area contributed by atoms with E-state index in [1.54, 1.807) is 6.07 Å². The molecule has 2 aromatic rings. The average molecular weight is 500 g/mol. The van der Waals surface area contributed by atoms with Crippen LogP contribution in [0.15, 0.2) is 60.3 Å². The largest absolute Gasteiger partial charge is 0.416 e. The minimum atomic E-state index is -4.35. The first-order valence-electron chi connectivity index (χ1n) is 10.4. The number of halogens is 6. The molecule has 0 aromatic heterocycles. The number of hydrogen-bond acceptors (Lipinski definition) is 5. The van der Waals surface area contributed by atoms with E-state index in [0.29, 0.717) is 37.1 Å². The Morgan fingerprint density at radius 3 is 1.66 bits per heavy atom. The van der Waals surface area contributed by atoms with Crippen molar-refractivity contribution < 1.29 is 40.7 Å². The van der Waals surface area contributed by atoms with E-state index in [2.05, 4.69) is 5.32 Å². The van der Waals surface area contributed by atoms with Crippen LogP contribution in [0.3, 0.4) is 0 Å². The van der Waals surface area contributed by atoms with E-state index in [1.807, 2.05) is 0 Å². The number of anilines is 2. The molecule has 35 heavy (non-hydrogen) atoms. The molecule has 11 heteroatoms. The molecule has 1 fully saturated rings. The van der Waals surface area contributed by atoms with Crippen molar-refractivity contribution in [3.05, 3.63) is 71.4 Å². The van der Waals surface area contributed by atoms with Gasteiger partial charge in [0.05, 0.1) is 17.5 Å². The van der Waals surface area contributed by atoms with Crippen molar-refractivity contribution in [1.29, 1.82) is 0 Å². The van der Waals surface area contributed by atoms with Gasteiger partial charge in [-0.15, -0.1) is 0 Å². The highest BCUT2D eigenvalue weighted by Crippen LogP contribution is 2.31. The first-order valence-corrected chi connectivity index (χ1v) is 10.4. The summed E-state index contributed by atoms with van der Waals surface area (Å²) < 4.78 is 73.1. The number of Topliss-reactive ketones (excluding diaryl/α,β-unsaturated/α-hetero) is 2. The highest BCUT2D eigenvalue weighted by molar-refractivity contribution is 6.05. The van der Waals surface area contributed by atoms with Crippen LogP contribution in [-0.4, -0.2) is 17.3 Å². The SMILES string of the molecule is Nc1cccc(C(F)(F)F)c1.O=C1C=C(Nc2cccc(C(F)(F)F)c2)CC1.O=C1CCC(=O)C1. The minimum Gasteiger partial charge on any atom is -0.399 e. The topological polar surface area (TPSA) is 89.3 Å². The quantitative estimate of drug-likeness (QED) is 0.302. The van der Waals surface area contributed by atoms with Gasteiger partial charge in [0, 0.05) is 42.4 Å². The van der Waals surface area contributed by atoms with Gasteiger partial charge in [-0.2, -0.15) is 26.3 Å². The van der Waals surface area contributed by atoms with Crippen molar-refractivity contribution >= 4 is 28.7 Å². The van der Waals surface area contributed by atoms with Crippen LogP contribution in [0.1, 0.15) is 43.2 Å². The third-order valence-corrected chi connectivity index (χ3v) is 4.76. The third-order valence-electron chi connectivity index (χ3n) is 4.76.